The Balaban J connectivity index is 1.64. The molecule has 0 aromatic heterocycles. The van der Waals surface area contributed by atoms with Gasteiger partial charge >= 0.3 is 0 Å². The van der Waals surface area contributed by atoms with Crippen molar-refractivity contribution in [3.63, 3.8) is 0 Å². The molecule has 5 nitrogen and oxygen atoms in total. The van der Waals surface area contributed by atoms with E-state index in [2.05, 4.69) is 35.8 Å². The summed E-state index contributed by atoms with van der Waals surface area (Å²) in [5, 5.41) is 11.0. The van der Waals surface area contributed by atoms with Gasteiger partial charge in [0.05, 0.1) is 5.60 Å². The van der Waals surface area contributed by atoms with Crippen molar-refractivity contribution >= 4 is 0 Å². The van der Waals surface area contributed by atoms with Gasteiger partial charge in [0.1, 0.15) is 13.2 Å². The van der Waals surface area contributed by atoms with Crippen LogP contribution >= 0.6 is 0 Å². The second-order valence-electron chi connectivity index (χ2n) is 6.98. The number of rotatable bonds is 6. The van der Waals surface area contributed by atoms with Crippen LogP contribution in [0.2, 0.25) is 0 Å². The summed E-state index contributed by atoms with van der Waals surface area (Å²) in [6.07, 6.45) is 1.97. The first kappa shape index (κ1) is 17.5. The van der Waals surface area contributed by atoms with Crippen molar-refractivity contribution in [1.29, 1.82) is 0 Å². The van der Waals surface area contributed by atoms with Gasteiger partial charge in [0, 0.05) is 19.6 Å². The second kappa shape index (κ2) is 7.72. The van der Waals surface area contributed by atoms with Crippen LogP contribution < -0.4 is 9.47 Å². The average Bonchev–Trinajstić information content (AvgIpc) is 2.60. The Hall–Kier alpha value is -1.30. The molecule has 1 N–H and O–H groups in total. The predicted molar refractivity (Wildman–Crippen MR) is 94.7 cm³/mol. The second-order valence-corrected chi connectivity index (χ2v) is 6.98. The largest absolute Gasteiger partial charge is 0.486 e. The third-order valence-electron chi connectivity index (χ3n) is 5.06. The molecule has 0 spiro atoms. The van der Waals surface area contributed by atoms with Crippen molar-refractivity contribution in [3.05, 3.63) is 23.8 Å². The highest BCUT2D eigenvalue weighted by Crippen LogP contribution is 2.31. The zero-order valence-corrected chi connectivity index (χ0v) is 15.0. The average molecular weight is 334 g/mol. The monoisotopic (exact) mass is 334 g/mol. The molecule has 1 atom stereocenters. The van der Waals surface area contributed by atoms with Crippen molar-refractivity contribution in [2.75, 3.05) is 45.9 Å². The Bertz CT molecular complexity index is 551. The molecular weight excluding hydrogens is 304 g/mol. The minimum absolute atomic E-state index is 0.599. The molecule has 2 aliphatic rings. The summed E-state index contributed by atoms with van der Waals surface area (Å²) >= 11 is 0. The van der Waals surface area contributed by atoms with E-state index in [-0.39, 0.29) is 0 Å². The standard InChI is InChI=1S/C19H30N2O3/c1-3-20-9-5-8-19(22,14-20)15-21(4-2)13-16-6-7-17-18(12-16)24-11-10-23-17/h6-7,12,22H,3-5,8-11,13-15H2,1-2H3/t19-/m1/s1. The van der Waals surface area contributed by atoms with E-state index >= 15 is 0 Å². The van der Waals surface area contributed by atoms with Crippen LogP contribution in [-0.2, 0) is 6.54 Å². The molecule has 3 rings (SSSR count). The number of hydrogen-bond donors (Lipinski definition) is 1. The van der Waals surface area contributed by atoms with Gasteiger partial charge in [-0.1, -0.05) is 19.9 Å². The maximum absolute atomic E-state index is 11.0. The van der Waals surface area contributed by atoms with E-state index in [9.17, 15) is 5.11 Å². The molecule has 0 saturated carbocycles. The summed E-state index contributed by atoms with van der Waals surface area (Å²) in [6.45, 7) is 10.9. The van der Waals surface area contributed by atoms with Crippen LogP contribution in [0.1, 0.15) is 32.3 Å². The van der Waals surface area contributed by atoms with Crippen LogP contribution in [0.5, 0.6) is 11.5 Å². The van der Waals surface area contributed by atoms with Gasteiger partial charge < -0.3 is 19.5 Å². The van der Waals surface area contributed by atoms with Gasteiger partial charge in [0.15, 0.2) is 11.5 Å². The number of hydrogen-bond acceptors (Lipinski definition) is 5. The van der Waals surface area contributed by atoms with Crippen molar-refractivity contribution in [2.24, 2.45) is 0 Å². The number of aliphatic hydroxyl groups is 1. The van der Waals surface area contributed by atoms with Crippen LogP contribution in [0.25, 0.3) is 0 Å². The number of benzene rings is 1. The maximum Gasteiger partial charge on any atom is 0.161 e. The third kappa shape index (κ3) is 4.21. The molecule has 1 fully saturated rings. The molecule has 0 amide bonds. The SMILES string of the molecule is CCN1CCC[C@](O)(CN(CC)Cc2ccc3c(c2)OCCO3)C1. The van der Waals surface area contributed by atoms with Gasteiger partial charge in [0.25, 0.3) is 0 Å². The summed E-state index contributed by atoms with van der Waals surface area (Å²) in [6, 6.07) is 6.16. The molecule has 5 heteroatoms. The van der Waals surface area contributed by atoms with Crippen LogP contribution in [0, 0.1) is 0 Å². The van der Waals surface area contributed by atoms with Crippen LogP contribution in [0.15, 0.2) is 18.2 Å². The molecular formula is C19H30N2O3. The minimum atomic E-state index is -0.599. The van der Waals surface area contributed by atoms with Gasteiger partial charge in [-0.3, -0.25) is 4.90 Å². The number of β-amino-alcohol motifs (C(OH)–C–C–N with tert-alkyl or cyclic N) is 1. The minimum Gasteiger partial charge on any atom is -0.486 e. The predicted octanol–water partition coefficient (Wildman–Crippen LogP) is 2.13. The zero-order chi connectivity index (χ0) is 17.0. The van der Waals surface area contributed by atoms with Gasteiger partial charge in [-0.25, -0.2) is 0 Å². The Morgan fingerprint density at radius 2 is 2.00 bits per heavy atom. The molecule has 24 heavy (non-hydrogen) atoms. The quantitative estimate of drug-likeness (QED) is 0.863. The molecule has 1 saturated heterocycles. The molecule has 1 aromatic rings. The van der Waals surface area contributed by atoms with E-state index in [0.29, 0.717) is 19.8 Å². The Morgan fingerprint density at radius 3 is 2.75 bits per heavy atom. The Morgan fingerprint density at radius 1 is 1.21 bits per heavy atom. The molecule has 2 aliphatic heterocycles. The summed E-state index contributed by atoms with van der Waals surface area (Å²) in [7, 11) is 0. The fourth-order valence-corrected chi connectivity index (χ4v) is 3.75. The fraction of sp³-hybridized carbons (Fsp3) is 0.684. The molecule has 1 aromatic carbocycles. The molecule has 0 unspecified atom stereocenters. The topological polar surface area (TPSA) is 45.2 Å². The van der Waals surface area contributed by atoms with E-state index in [0.717, 1.165) is 57.1 Å². The summed E-state index contributed by atoms with van der Waals surface area (Å²) < 4.78 is 11.3. The molecule has 0 radical (unpaired) electrons. The van der Waals surface area contributed by atoms with E-state index in [1.165, 1.54) is 5.56 Å². The fourth-order valence-electron chi connectivity index (χ4n) is 3.75. The van der Waals surface area contributed by atoms with Crippen LogP contribution in [0.4, 0.5) is 0 Å². The normalized spacial score (nSPS) is 24.3. The maximum atomic E-state index is 11.0. The van der Waals surface area contributed by atoms with Crippen LogP contribution in [-0.4, -0.2) is 66.4 Å². The highest BCUT2D eigenvalue weighted by atomic mass is 16.6. The Labute approximate surface area is 145 Å². The van der Waals surface area contributed by atoms with Crippen LogP contribution in [0.3, 0.4) is 0 Å². The lowest BCUT2D eigenvalue weighted by Gasteiger charge is -2.41. The summed E-state index contributed by atoms with van der Waals surface area (Å²) in [4.78, 5) is 4.67. The highest BCUT2D eigenvalue weighted by molar-refractivity contribution is 5.43. The number of nitrogens with zero attached hydrogens (tertiary/aromatic N) is 2. The van der Waals surface area contributed by atoms with E-state index in [1.54, 1.807) is 0 Å². The summed E-state index contributed by atoms with van der Waals surface area (Å²) in [5.74, 6) is 1.67. The first-order valence-corrected chi connectivity index (χ1v) is 9.17. The lowest BCUT2D eigenvalue weighted by Crippen LogP contribution is -2.54. The van der Waals surface area contributed by atoms with Gasteiger partial charge in [-0.2, -0.15) is 0 Å². The number of likely N-dealkylation sites (tertiary alicyclic amines) is 1. The Kier molecular flexibility index (Phi) is 5.64. The lowest BCUT2D eigenvalue weighted by atomic mass is 9.92. The highest BCUT2D eigenvalue weighted by Gasteiger charge is 2.34. The van der Waals surface area contributed by atoms with Crippen molar-refractivity contribution < 1.29 is 14.6 Å². The number of ether oxygens (including phenoxy) is 2. The van der Waals surface area contributed by atoms with Gasteiger partial charge in [-0.15, -0.1) is 0 Å². The van der Waals surface area contributed by atoms with Gasteiger partial charge in [0.2, 0.25) is 0 Å². The lowest BCUT2D eigenvalue weighted by molar-refractivity contribution is -0.0528. The summed E-state index contributed by atoms with van der Waals surface area (Å²) in [5.41, 5.74) is 0.603. The smallest absolute Gasteiger partial charge is 0.161 e. The number of fused-ring (bicyclic) bond motifs is 1. The number of likely N-dealkylation sites (N-methyl/N-ethyl adjacent to an activating group) is 2. The first-order chi connectivity index (χ1) is 11.6. The van der Waals surface area contributed by atoms with E-state index in [4.69, 9.17) is 9.47 Å². The van der Waals surface area contributed by atoms with Crippen molar-refractivity contribution in [2.45, 2.75) is 38.8 Å². The van der Waals surface area contributed by atoms with Gasteiger partial charge in [-0.05, 0) is 50.2 Å². The molecule has 0 aliphatic carbocycles. The van der Waals surface area contributed by atoms with Crippen molar-refractivity contribution in [3.8, 4) is 11.5 Å². The molecule has 134 valence electrons. The third-order valence-corrected chi connectivity index (χ3v) is 5.06. The molecule has 0 bridgehead atoms. The molecule has 2 heterocycles. The number of piperidine rings is 1. The van der Waals surface area contributed by atoms with E-state index < -0.39 is 5.60 Å². The zero-order valence-electron chi connectivity index (χ0n) is 15.0. The van der Waals surface area contributed by atoms with E-state index in [1.807, 2.05) is 6.07 Å². The van der Waals surface area contributed by atoms with Crippen molar-refractivity contribution in [1.82, 2.24) is 9.80 Å². The first-order valence-electron chi connectivity index (χ1n) is 9.17.